The highest BCUT2D eigenvalue weighted by molar-refractivity contribution is 6.30. The van der Waals surface area contributed by atoms with Gasteiger partial charge in [-0.2, -0.15) is 0 Å². The summed E-state index contributed by atoms with van der Waals surface area (Å²) in [5.41, 5.74) is 1.05. The summed E-state index contributed by atoms with van der Waals surface area (Å²) in [6.45, 7) is 6.26. The Bertz CT molecular complexity index is 502. The van der Waals surface area contributed by atoms with E-state index in [1.165, 1.54) is 6.42 Å². The highest BCUT2D eigenvalue weighted by Crippen LogP contribution is 2.23. The summed E-state index contributed by atoms with van der Waals surface area (Å²) in [7, 11) is 0. The molecular formula is C16H20ClNO. The molecule has 1 N–H and O–H groups in total. The predicted molar refractivity (Wildman–Crippen MR) is 80.3 cm³/mol. The maximum Gasteiger partial charge on any atom is 0.134 e. The summed E-state index contributed by atoms with van der Waals surface area (Å²) in [6, 6.07) is 11.7. The maximum absolute atomic E-state index is 5.87. The van der Waals surface area contributed by atoms with Gasteiger partial charge in [0.15, 0.2) is 0 Å². The summed E-state index contributed by atoms with van der Waals surface area (Å²) < 4.78 is 5.81. The van der Waals surface area contributed by atoms with E-state index in [2.05, 4.69) is 19.2 Å². The van der Waals surface area contributed by atoms with Gasteiger partial charge in [-0.05, 0) is 55.3 Å². The van der Waals surface area contributed by atoms with Crippen LogP contribution in [0.3, 0.4) is 0 Å². The van der Waals surface area contributed by atoms with Crippen molar-refractivity contribution in [3.05, 3.63) is 47.2 Å². The zero-order valence-electron chi connectivity index (χ0n) is 11.4. The van der Waals surface area contributed by atoms with Crippen molar-refractivity contribution in [2.75, 3.05) is 6.54 Å². The van der Waals surface area contributed by atoms with E-state index in [1.807, 2.05) is 36.4 Å². The van der Waals surface area contributed by atoms with E-state index in [-0.39, 0.29) is 0 Å². The Morgan fingerprint density at radius 3 is 2.53 bits per heavy atom. The van der Waals surface area contributed by atoms with Crippen molar-refractivity contribution >= 4 is 11.6 Å². The van der Waals surface area contributed by atoms with Crippen LogP contribution in [0.15, 0.2) is 40.8 Å². The van der Waals surface area contributed by atoms with E-state index in [9.17, 15) is 0 Å². The molecule has 3 heteroatoms. The number of hydrogen-bond donors (Lipinski definition) is 1. The average molecular weight is 278 g/mol. The summed E-state index contributed by atoms with van der Waals surface area (Å²) in [5, 5.41) is 4.13. The molecule has 0 radical (unpaired) electrons. The molecule has 0 fully saturated rings. The lowest BCUT2D eigenvalue weighted by atomic mass is 10.1. The molecule has 0 unspecified atom stereocenters. The molecule has 0 amide bonds. The molecule has 0 aliphatic rings. The van der Waals surface area contributed by atoms with Crippen LogP contribution in [0.2, 0.25) is 5.02 Å². The normalized spacial score (nSPS) is 11.2. The summed E-state index contributed by atoms with van der Waals surface area (Å²) in [5.74, 6) is 2.58. The minimum atomic E-state index is 0.730. The fourth-order valence-electron chi connectivity index (χ4n) is 1.84. The molecule has 0 saturated heterocycles. The van der Waals surface area contributed by atoms with Gasteiger partial charge in [-0.3, -0.25) is 0 Å². The van der Waals surface area contributed by atoms with Crippen molar-refractivity contribution in [1.82, 2.24) is 5.32 Å². The largest absolute Gasteiger partial charge is 0.460 e. The minimum Gasteiger partial charge on any atom is -0.460 e. The summed E-state index contributed by atoms with van der Waals surface area (Å²) >= 11 is 5.87. The second kappa shape index (κ2) is 6.78. The van der Waals surface area contributed by atoms with Crippen LogP contribution in [-0.2, 0) is 6.54 Å². The number of benzene rings is 1. The van der Waals surface area contributed by atoms with Crippen LogP contribution >= 0.6 is 11.6 Å². The Hall–Kier alpha value is -1.25. The van der Waals surface area contributed by atoms with Gasteiger partial charge in [0.25, 0.3) is 0 Å². The molecule has 1 aromatic carbocycles. The molecule has 2 rings (SSSR count). The van der Waals surface area contributed by atoms with Crippen LogP contribution in [0, 0.1) is 5.92 Å². The second-order valence-corrected chi connectivity index (χ2v) is 5.57. The molecule has 1 heterocycles. The Labute approximate surface area is 119 Å². The quantitative estimate of drug-likeness (QED) is 0.772. The first kappa shape index (κ1) is 14.2. The number of halogens is 1. The zero-order valence-corrected chi connectivity index (χ0v) is 12.2. The van der Waals surface area contributed by atoms with Crippen molar-refractivity contribution in [3.8, 4) is 11.3 Å². The van der Waals surface area contributed by atoms with Crippen molar-refractivity contribution in [2.24, 2.45) is 5.92 Å². The smallest absolute Gasteiger partial charge is 0.134 e. The molecule has 2 nitrogen and oxygen atoms in total. The van der Waals surface area contributed by atoms with Gasteiger partial charge in [-0.1, -0.05) is 25.4 Å². The standard InChI is InChI=1S/C16H20ClNO/c1-12(2)9-10-18-11-15-7-8-16(19-15)13-3-5-14(17)6-4-13/h3-8,12,18H,9-11H2,1-2H3. The van der Waals surface area contributed by atoms with E-state index >= 15 is 0 Å². The van der Waals surface area contributed by atoms with E-state index in [1.54, 1.807) is 0 Å². The topological polar surface area (TPSA) is 25.2 Å². The van der Waals surface area contributed by atoms with Crippen molar-refractivity contribution < 1.29 is 4.42 Å². The molecule has 1 aromatic heterocycles. The second-order valence-electron chi connectivity index (χ2n) is 5.13. The van der Waals surface area contributed by atoms with Crippen molar-refractivity contribution in [3.63, 3.8) is 0 Å². The highest BCUT2D eigenvalue weighted by Gasteiger charge is 2.04. The summed E-state index contributed by atoms with van der Waals surface area (Å²) in [4.78, 5) is 0. The lowest BCUT2D eigenvalue weighted by Gasteiger charge is -2.05. The maximum atomic E-state index is 5.87. The summed E-state index contributed by atoms with van der Waals surface area (Å²) in [6.07, 6.45) is 1.19. The van der Waals surface area contributed by atoms with Gasteiger partial charge < -0.3 is 9.73 Å². The van der Waals surface area contributed by atoms with Crippen LogP contribution in [0.1, 0.15) is 26.0 Å². The fraction of sp³-hybridized carbons (Fsp3) is 0.375. The lowest BCUT2D eigenvalue weighted by Crippen LogP contribution is -2.15. The molecule has 2 aromatic rings. The third kappa shape index (κ3) is 4.41. The highest BCUT2D eigenvalue weighted by atomic mass is 35.5. The Balaban J connectivity index is 1.90. The van der Waals surface area contributed by atoms with Gasteiger partial charge in [-0.25, -0.2) is 0 Å². The Morgan fingerprint density at radius 2 is 1.84 bits per heavy atom. The molecule has 102 valence electrons. The fourth-order valence-corrected chi connectivity index (χ4v) is 1.97. The van der Waals surface area contributed by atoms with Crippen LogP contribution in [0.4, 0.5) is 0 Å². The van der Waals surface area contributed by atoms with Gasteiger partial charge in [-0.15, -0.1) is 0 Å². The zero-order chi connectivity index (χ0) is 13.7. The SMILES string of the molecule is CC(C)CCNCc1ccc(-c2ccc(Cl)cc2)o1. The van der Waals surface area contributed by atoms with Gasteiger partial charge in [0.05, 0.1) is 6.54 Å². The third-order valence-corrected chi connectivity index (χ3v) is 3.24. The van der Waals surface area contributed by atoms with E-state index in [4.69, 9.17) is 16.0 Å². The number of furan rings is 1. The predicted octanol–water partition coefficient (Wildman–Crippen LogP) is 4.74. The molecule has 0 spiro atoms. The van der Waals surface area contributed by atoms with Gasteiger partial charge >= 0.3 is 0 Å². The third-order valence-electron chi connectivity index (χ3n) is 2.99. The molecule has 0 aliphatic carbocycles. The van der Waals surface area contributed by atoms with E-state index in [0.717, 1.165) is 41.1 Å². The van der Waals surface area contributed by atoms with Crippen LogP contribution in [0.25, 0.3) is 11.3 Å². The Kier molecular flexibility index (Phi) is 5.06. The van der Waals surface area contributed by atoms with E-state index < -0.39 is 0 Å². The van der Waals surface area contributed by atoms with Crippen molar-refractivity contribution in [1.29, 1.82) is 0 Å². The van der Waals surface area contributed by atoms with Gasteiger partial charge in [0.2, 0.25) is 0 Å². The van der Waals surface area contributed by atoms with Crippen LogP contribution in [0.5, 0.6) is 0 Å². The first-order valence-corrected chi connectivity index (χ1v) is 7.08. The average Bonchev–Trinajstić information content (AvgIpc) is 2.84. The molecule has 0 saturated carbocycles. The molecule has 0 atom stereocenters. The number of nitrogens with one attached hydrogen (secondary N) is 1. The number of hydrogen-bond acceptors (Lipinski definition) is 2. The van der Waals surface area contributed by atoms with Crippen LogP contribution in [-0.4, -0.2) is 6.54 Å². The van der Waals surface area contributed by atoms with E-state index in [0.29, 0.717) is 0 Å². The first-order valence-electron chi connectivity index (χ1n) is 6.70. The monoisotopic (exact) mass is 277 g/mol. The molecule has 19 heavy (non-hydrogen) atoms. The Morgan fingerprint density at radius 1 is 1.11 bits per heavy atom. The van der Waals surface area contributed by atoms with Gasteiger partial charge in [0, 0.05) is 10.6 Å². The molecule has 0 aliphatic heterocycles. The van der Waals surface area contributed by atoms with Gasteiger partial charge in [0.1, 0.15) is 11.5 Å². The van der Waals surface area contributed by atoms with Crippen LogP contribution < -0.4 is 5.32 Å². The lowest BCUT2D eigenvalue weighted by molar-refractivity contribution is 0.474. The molecule has 0 bridgehead atoms. The first-order chi connectivity index (χ1) is 9.15. The van der Waals surface area contributed by atoms with Crippen molar-refractivity contribution in [2.45, 2.75) is 26.8 Å². The molecular weight excluding hydrogens is 258 g/mol. The number of rotatable bonds is 6. The minimum absolute atomic E-state index is 0.730.